The summed E-state index contributed by atoms with van der Waals surface area (Å²) < 4.78 is 0. The molecule has 1 unspecified atom stereocenters. The fraction of sp³-hybridized carbons (Fsp3) is 0.900. The average molecular weight is 279 g/mol. The summed E-state index contributed by atoms with van der Waals surface area (Å²) in [5, 5.41) is 0. The van der Waals surface area contributed by atoms with Gasteiger partial charge in [-0.05, 0) is 19.3 Å². The van der Waals surface area contributed by atoms with Crippen molar-refractivity contribution in [3.8, 4) is 11.8 Å². The van der Waals surface area contributed by atoms with Crippen LogP contribution < -0.4 is 0 Å². The molecule has 0 aromatic carbocycles. The molecular formula is C20H38. The predicted octanol–water partition coefficient (Wildman–Crippen LogP) is 7.13. The van der Waals surface area contributed by atoms with Crippen molar-refractivity contribution in [2.24, 2.45) is 5.92 Å². The van der Waals surface area contributed by atoms with Crippen molar-refractivity contribution in [2.45, 2.75) is 111 Å². The maximum atomic E-state index is 3.15. The molecule has 0 bridgehead atoms. The van der Waals surface area contributed by atoms with E-state index < -0.39 is 0 Å². The lowest BCUT2D eigenvalue weighted by molar-refractivity contribution is 0.433. The van der Waals surface area contributed by atoms with Crippen LogP contribution >= 0.6 is 0 Å². The van der Waals surface area contributed by atoms with Crippen LogP contribution in [0, 0.1) is 17.8 Å². The van der Waals surface area contributed by atoms with E-state index >= 15 is 0 Å². The molecule has 20 heavy (non-hydrogen) atoms. The van der Waals surface area contributed by atoms with Gasteiger partial charge in [0, 0.05) is 6.42 Å². The van der Waals surface area contributed by atoms with Gasteiger partial charge in [-0.2, -0.15) is 0 Å². The van der Waals surface area contributed by atoms with E-state index in [1.54, 1.807) is 0 Å². The summed E-state index contributed by atoms with van der Waals surface area (Å²) in [4.78, 5) is 0. The second kappa shape index (κ2) is 16.6. The Balaban J connectivity index is 3.15. The zero-order chi connectivity index (χ0) is 14.9. The summed E-state index contributed by atoms with van der Waals surface area (Å²) in [6.07, 6.45) is 19.6. The molecular weight excluding hydrogens is 240 g/mol. The first kappa shape index (κ1) is 19.6. The number of rotatable bonds is 14. The number of hydrogen-bond acceptors (Lipinski definition) is 0. The van der Waals surface area contributed by atoms with Gasteiger partial charge >= 0.3 is 0 Å². The van der Waals surface area contributed by atoms with E-state index in [1.807, 2.05) is 6.92 Å². The molecule has 0 fully saturated rings. The van der Waals surface area contributed by atoms with Crippen molar-refractivity contribution in [1.29, 1.82) is 0 Å². The SMILES string of the molecule is CC#CCCCCCCC(C)CCCCCCCCC. The lowest BCUT2D eigenvalue weighted by Crippen LogP contribution is -1.95. The topological polar surface area (TPSA) is 0 Å². The van der Waals surface area contributed by atoms with Gasteiger partial charge in [0.1, 0.15) is 0 Å². The van der Waals surface area contributed by atoms with Crippen LogP contribution in [0.2, 0.25) is 0 Å². The predicted molar refractivity (Wildman–Crippen MR) is 92.9 cm³/mol. The van der Waals surface area contributed by atoms with Crippen LogP contribution in [0.25, 0.3) is 0 Å². The quantitative estimate of drug-likeness (QED) is 0.234. The molecule has 118 valence electrons. The molecule has 0 radical (unpaired) electrons. The largest absolute Gasteiger partial charge is 0.107 e. The number of unbranched alkanes of at least 4 members (excludes halogenated alkanes) is 10. The smallest absolute Gasteiger partial charge is 0.00885 e. The van der Waals surface area contributed by atoms with Gasteiger partial charge < -0.3 is 0 Å². The fourth-order valence-corrected chi connectivity index (χ4v) is 2.78. The van der Waals surface area contributed by atoms with Crippen LogP contribution in [0.4, 0.5) is 0 Å². The standard InChI is InChI=1S/C20H38/c1-4-6-8-10-12-14-16-18-20(3)19-17-15-13-11-9-7-5-2/h20H,4,6,8-19H2,1-3H3. The van der Waals surface area contributed by atoms with Crippen molar-refractivity contribution in [1.82, 2.24) is 0 Å². The molecule has 0 spiro atoms. The summed E-state index contributed by atoms with van der Waals surface area (Å²) in [6, 6.07) is 0. The molecule has 0 heterocycles. The zero-order valence-corrected chi connectivity index (χ0v) is 14.5. The van der Waals surface area contributed by atoms with Gasteiger partial charge in [0.2, 0.25) is 0 Å². The molecule has 0 aliphatic carbocycles. The molecule has 0 rings (SSSR count). The molecule has 1 atom stereocenters. The Morgan fingerprint density at radius 3 is 1.75 bits per heavy atom. The Bertz CT molecular complexity index is 230. The van der Waals surface area contributed by atoms with E-state index in [1.165, 1.54) is 83.5 Å². The first-order valence-electron chi connectivity index (χ1n) is 9.20. The average Bonchev–Trinajstić information content (AvgIpc) is 2.45. The third-order valence-electron chi connectivity index (χ3n) is 4.23. The highest BCUT2D eigenvalue weighted by atomic mass is 14.1. The third-order valence-corrected chi connectivity index (χ3v) is 4.23. The van der Waals surface area contributed by atoms with E-state index in [4.69, 9.17) is 0 Å². The van der Waals surface area contributed by atoms with Gasteiger partial charge in [-0.25, -0.2) is 0 Å². The summed E-state index contributed by atoms with van der Waals surface area (Å²) in [7, 11) is 0. The molecule has 0 nitrogen and oxygen atoms in total. The fourth-order valence-electron chi connectivity index (χ4n) is 2.78. The molecule has 0 aromatic heterocycles. The maximum Gasteiger partial charge on any atom is 0.00885 e. The summed E-state index contributed by atoms with van der Waals surface area (Å²) in [5.74, 6) is 7.07. The molecule has 0 heteroatoms. The van der Waals surface area contributed by atoms with E-state index in [9.17, 15) is 0 Å². The second-order valence-corrected chi connectivity index (χ2v) is 6.39. The van der Waals surface area contributed by atoms with Crippen LogP contribution in [0.5, 0.6) is 0 Å². The molecule has 0 amide bonds. The normalized spacial score (nSPS) is 11.9. The minimum Gasteiger partial charge on any atom is -0.107 e. The van der Waals surface area contributed by atoms with Crippen molar-refractivity contribution in [2.75, 3.05) is 0 Å². The van der Waals surface area contributed by atoms with Gasteiger partial charge in [0.25, 0.3) is 0 Å². The van der Waals surface area contributed by atoms with E-state index in [2.05, 4.69) is 25.7 Å². The first-order valence-corrected chi connectivity index (χ1v) is 9.20. The minimum absolute atomic E-state index is 0.945. The monoisotopic (exact) mass is 278 g/mol. The first-order chi connectivity index (χ1) is 9.81. The van der Waals surface area contributed by atoms with Crippen LogP contribution in [0.3, 0.4) is 0 Å². The van der Waals surface area contributed by atoms with Gasteiger partial charge in [-0.15, -0.1) is 11.8 Å². The summed E-state index contributed by atoms with van der Waals surface area (Å²) in [5.41, 5.74) is 0. The Kier molecular flexibility index (Phi) is 16.2. The molecule has 0 saturated carbocycles. The Morgan fingerprint density at radius 1 is 0.700 bits per heavy atom. The van der Waals surface area contributed by atoms with Gasteiger partial charge in [0.15, 0.2) is 0 Å². The Morgan fingerprint density at radius 2 is 1.20 bits per heavy atom. The Hall–Kier alpha value is -0.440. The van der Waals surface area contributed by atoms with Gasteiger partial charge in [-0.1, -0.05) is 90.9 Å². The molecule has 0 saturated heterocycles. The van der Waals surface area contributed by atoms with Crippen molar-refractivity contribution >= 4 is 0 Å². The van der Waals surface area contributed by atoms with Gasteiger partial charge in [-0.3, -0.25) is 0 Å². The van der Waals surface area contributed by atoms with Gasteiger partial charge in [0.05, 0.1) is 0 Å². The summed E-state index contributed by atoms with van der Waals surface area (Å²) in [6.45, 7) is 6.67. The lowest BCUT2D eigenvalue weighted by Gasteiger charge is -2.10. The summed E-state index contributed by atoms with van der Waals surface area (Å²) >= 11 is 0. The van der Waals surface area contributed by atoms with Crippen molar-refractivity contribution in [3.05, 3.63) is 0 Å². The second-order valence-electron chi connectivity index (χ2n) is 6.39. The molecule has 0 aliphatic rings. The Labute approximate surface area is 129 Å². The molecule has 0 aromatic rings. The molecule has 0 N–H and O–H groups in total. The van der Waals surface area contributed by atoms with Crippen LogP contribution in [-0.4, -0.2) is 0 Å². The van der Waals surface area contributed by atoms with E-state index in [0.29, 0.717) is 0 Å². The number of hydrogen-bond donors (Lipinski definition) is 0. The lowest BCUT2D eigenvalue weighted by atomic mass is 9.96. The van der Waals surface area contributed by atoms with Crippen LogP contribution in [0.1, 0.15) is 111 Å². The maximum absolute atomic E-state index is 3.15. The highest BCUT2D eigenvalue weighted by molar-refractivity contribution is 4.94. The van der Waals surface area contributed by atoms with E-state index in [0.717, 1.165) is 12.3 Å². The highest BCUT2D eigenvalue weighted by Crippen LogP contribution is 2.18. The zero-order valence-electron chi connectivity index (χ0n) is 14.5. The van der Waals surface area contributed by atoms with Crippen LogP contribution in [0.15, 0.2) is 0 Å². The minimum atomic E-state index is 0.945. The van der Waals surface area contributed by atoms with Crippen LogP contribution in [-0.2, 0) is 0 Å². The van der Waals surface area contributed by atoms with Crippen molar-refractivity contribution in [3.63, 3.8) is 0 Å². The van der Waals surface area contributed by atoms with E-state index in [-0.39, 0.29) is 0 Å². The third kappa shape index (κ3) is 15.6. The van der Waals surface area contributed by atoms with Crippen molar-refractivity contribution < 1.29 is 0 Å². The molecule has 0 aliphatic heterocycles. The highest BCUT2D eigenvalue weighted by Gasteiger charge is 2.01.